The zero-order chi connectivity index (χ0) is 16.8. The van der Waals surface area contributed by atoms with Crippen molar-refractivity contribution >= 4 is 11.7 Å². The van der Waals surface area contributed by atoms with Crippen molar-refractivity contribution in [2.75, 3.05) is 32.5 Å². The Kier molecular flexibility index (Phi) is 5.76. The van der Waals surface area contributed by atoms with Crippen molar-refractivity contribution in [1.29, 1.82) is 0 Å². The van der Waals surface area contributed by atoms with Gasteiger partial charge < -0.3 is 19.5 Å². The van der Waals surface area contributed by atoms with Crippen LogP contribution in [0.25, 0.3) is 0 Å². The van der Waals surface area contributed by atoms with Crippen molar-refractivity contribution < 1.29 is 13.6 Å². The fraction of sp³-hybridized carbons (Fsp3) is 0.353. The molecule has 23 heavy (non-hydrogen) atoms. The van der Waals surface area contributed by atoms with E-state index in [0.717, 1.165) is 18.1 Å². The van der Waals surface area contributed by atoms with Gasteiger partial charge in [-0.05, 0) is 51.4 Å². The number of nitrogens with zero attached hydrogens (tertiary/aromatic N) is 2. The quantitative estimate of drug-likeness (QED) is 0.888. The number of urea groups is 1. The number of hydrogen-bond acceptors (Lipinski definition) is 3. The molecule has 1 heterocycles. The molecule has 124 valence electrons. The lowest BCUT2D eigenvalue weighted by Gasteiger charge is -2.24. The third-order valence-corrected chi connectivity index (χ3v) is 3.32. The molecular formula is C17H22FN3O2. The Morgan fingerprint density at radius 1 is 1.22 bits per heavy atom. The van der Waals surface area contributed by atoms with Crippen LogP contribution in [0.3, 0.4) is 0 Å². The number of carbonyl (C=O) groups is 1. The van der Waals surface area contributed by atoms with Gasteiger partial charge in [0.15, 0.2) is 0 Å². The monoisotopic (exact) mass is 319 g/mol. The summed E-state index contributed by atoms with van der Waals surface area (Å²) in [4.78, 5) is 16.1. The standard InChI is InChI=1S/C17H22FN3O2/c1-13-7-8-16(23-13)12-21(10-9-20(2)3)17(22)19-15-6-4-5-14(18)11-15/h4-8,11H,9-10,12H2,1-3H3,(H,19,22). The molecule has 0 aliphatic carbocycles. The van der Waals surface area contributed by atoms with Gasteiger partial charge in [0.2, 0.25) is 0 Å². The maximum atomic E-state index is 13.2. The molecule has 0 saturated heterocycles. The molecule has 0 saturated carbocycles. The number of halogens is 1. The lowest BCUT2D eigenvalue weighted by molar-refractivity contribution is 0.196. The maximum Gasteiger partial charge on any atom is 0.322 e. The number of furan rings is 1. The molecule has 1 N–H and O–H groups in total. The van der Waals surface area contributed by atoms with Gasteiger partial charge in [0.1, 0.15) is 17.3 Å². The van der Waals surface area contributed by atoms with Crippen molar-refractivity contribution in [3.8, 4) is 0 Å². The Morgan fingerprint density at radius 2 is 2.00 bits per heavy atom. The molecule has 5 nitrogen and oxygen atoms in total. The molecule has 0 fully saturated rings. The fourth-order valence-electron chi connectivity index (χ4n) is 2.10. The molecule has 2 aromatic rings. The number of benzene rings is 1. The first kappa shape index (κ1) is 17.0. The number of nitrogens with one attached hydrogen (secondary N) is 1. The average molecular weight is 319 g/mol. The van der Waals surface area contributed by atoms with E-state index in [4.69, 9.17) is 4.42 Å². The average Bonchev–Trinajstić information content (AvgIpc) is 2.88. The number of hydrogen-bond donors (Lipinski definition) is 1. The highest BCUT2D eigenvalue weighted by Gasteiger charge is 2.16. The first-order valence-electron chi connectivity index (χ1n) is 7.45. The van der Waals surface area contributed by atoms with Crippen LogP contribution in [-0.2, 0) is 6.54 Å². The summed E-state index contributed by atoms with van der Waals surface area (Å²) in [5.41, 5.74) is 0.431. The maximum absolute atomic E-state index is 13.2. The Bertz CT molecular complexity index is 655. The summed E-state index contributed by atoms with van der Waals surface area (Å²) in [7, 11) is 3.89. The van der Waals surface area contributed by atoms with Crippen LogP contribution in [0.2, 0.25) is 0 Å². The van der Waals surface area contributed by atoms with Crippen LogP contribution in [0.4, 0.5) is 14.9 Å². The second kappa shape index (κ2) is 7.78. The summed E-state index contributed by atoms with van der Waals surface area (Å²) in [6.45, 7) is 3.48. The van der Waals surface area contributed by atoms with E-state index in [1.165, 1.54) is 12.1 Å². The van der Waals surface area contributed by atoms with Crippen LogP contribution in [0.5, 0.6) is 0 Å². The molecule has 1 aromatic heterocycles. The second-order valence-corrected chi connectivity index (χ2v) is 5.68. The van der Waals surface area contributed by atoms with E-state index >= 15 is 0 Å². The summed E-state index contributed by atoms with van der Waals surface area (Å²) >= 11 is 0. The van der Waals surface area contributed by atoms with E-state index in [-0.39, 0.29) is 11.8 Å². The number of aryl methyl sites for hydroxylation is 1. The summed E-state index contributed by atoms with van der Waals surface area (Å²) in [5, 5.41) is 2.72. The van der Waals surface area contributed by atoms with Crippen molar-refractivity contribution in [1.82, 2.24) is 9.80 Å². The first-order chi connectivity index (χ1) is 10.9. The van der Waals surface area contributed by atoms with Crippen LogP contribution in [-0.4, -0.2) is 43.0 Å². The zero-order valence-electron chi connectivity index (χ0n) is 13.7. The van der Waals surface area contributed by atoms with Crippen LogP contribution >= 0.6 is 0 Å². The zero-order valence-corrected chi connectivity index (χ0v) is 13.7. The van der Waals surface area contributed by atoms with Gasteiger partial charge in [0.25, 0.3) is 0 Å². The van der Waals surface area contributed by atoms with E-state index in [1.54, 1.807) is 17.0 Å². The molecular weight excluding hydrogens is 297 g/mol. The first-order valence-corrected chi connectivity index (χ1v) is 7.45. The van der Waals surface area contributed by atoms with E-state index in [9.17, 15) is 9.18 Å². The summed E-state index contributed by atoms with van der Waals surface area (Å²) < 4.78 is 18.8. The van der Waals surface area contributed by atoms with Gasteiger partial charge in [-0.15, -0.1) is 0 Å². The third-order valence-electron chi connectivity index (χ3n) is 3.32. The SMILES string of the molecule is Cc1ccc(CN(CCN(C)C)C(=O)Nc2cccc(F)c2)o1. The summed E-state index contributed by atoms with van der Waals surface area (Å²) in [6.07, 6.45) is 0. The molecule has 2 amide bonds. The predicted molar refractivity (Wildman–Crippen MR) is 87.8 cm³/mol. The van der Waals surface area contributed by atoms with Gasteiger partial charge in [-0.1, -0.05) is 6.07 Å². The molecule has 0 bridgehead atoms. The van der Waals surface area contributed by atoms with Crippen LogP contribution in [0.15, 0.2) is 40.8 Å². The van der Waals surface area contributed by atoms with Gasteiger partial charge in [-0.25, -0.2) is 9.18 Å². The highest BCUT2D eigenvalue weighted by Crippen LogP contribution is 2.13. The lowest BCUT2D eigenvalue weighted by atomic mass is 10.3. The number of rotatable bonds is 6. The number of amides is 2. The van der Waals surface area contributed by atoms with Crippen LogP contribution in [0, 0.1) is 12.7 Å². The number of likely N-dealkylation sites (N-methyl/N-ethyl adjacent to an activating group) is 1. The minimum Gasteiger partial charge on any atom is -0.464 e. The topological polar surface area (TPSA) is 48.7 Å². The molecule has 0 aliphatic heterocycles. The Labute approximate surface area is 135 Å². The van der Waals surface area contributed by atoms with E-state index in [0.29, 0.717) is 18.8 Å². The van der Waals surface area contributed by atoms with Gasteiger partial charge in [-0.3, -0.25) is 0 Å². The van der Waals surface area contributed by atoms with Gasteiger partial charge >= 0.3 is 6.03 Å². The lowest BCUT2D eigenvalue weighted by Crippen LogP contribution is -2.38. The molecule has 0 spiro atoms. The van der Waals surface area contributed by atoms with E-state index in [1.807, 2.05) is 38.1 Å². The molecule has 0 unspecified atom stereocenters. The van der Waals surface area contributed by atoms with Crippen LogP contribution in [0.1, 0.15) is 11.5 Å². The van der Waals surface area contributed by atoms with Crippen molar-refractivity contribution in [3.05, 3.63) is 53.7 Å². The summed E-state index contributed by atoms with van der Waals surface area (Å²) in [5.74, 6) is 1.14. The molecule has 0 radical (unpaired) electrons. The third kappa shape index (κ3) is 5.41. The van der Waals surface area contributed by atoms with Gasteiger partial charge in [-0.2, -0.15) is 0 Å². The Balaban J connectivity index is 2.06. The Morgan fingerprint density at radius 3 is 2.61 bits per heavy atom. The highest BCUT2D eigenvalue weighted by molar-refractivity contribution is 5.89. The van der Waals surface area contributed by atoms with Crippen molar-refractivity contribution in [3.63, 3.8) is 0 Å². The predicted octanol–water partition coefficient (Wildman–Crippen LogP) is 3.32. The molecule has 1 aromatic carbocycles. The molecule has 2 rings (SSSR count). The minimum absolute atomic E-state index is 0.286. The molecule has 0 aliphatic rings. The van der Waals surface area contributed by atoms with Crippen LogP contribution < -0.4 is 5.32 Å². The largest absolute Gasteiger partial charge is 0.464 e. The summed E-state index contributed by atoms with van der Waals surface area (Å²) in [6, 6.07) is 9.28. The second-order valence-electron chi connectivity index (χ2n) is 5.68. The van der Waals surface area contributed by atoms with Gasteiger partial charge in [0.05, 0.1) is 6.54 Å². The molecule has 0 atom stereocenters. The van der Waals surface area contributed by atoms with Crippen molar-refractivity contribution in [2.45, 2.75) is 13.5 Å². The highest BCUT2D eigenvalue weighted by atomic mass is 19.1. The van der Waals surface area contributed by atoms with E-state index < -0.39 is 0 Å². The minimum atomic E-state index is -0.385. The number of anilines is 1. The normalized spacial score (nSPS) is 10.8. The fourth-order valence-corrected chi connectivity index (χ4v) is 2.10. The van der Waals surface area contributed by atoms with Crippen molar-refractivity contribution in [2.24, 2.45) is 0 Å². The molecule has 6 heteroatoms. The Hall–Kier alpha value is -2.34. The van der Waals surface area contributed by atoms with E-state index in [2.05, 4.69) is 5.32 Å². The smallest absolute Gasteiger partial charge is 0.322 e. The number of carbonyl (C=O) groups excluding carboxylic acids is 1. The van der Waals surface area contributed by atoms with Gasteiger partial charge in [0, 0.05) is 18.8 Å².